The van der Waals surface area contributed by atoms with Crippen LogP contribution < -0.4 is 0 Å². The summed E-state index contributed by atoms with van der Waals surface area (Å²) in [6.45, 7) is 10.5. The Hall–Kier alpha value is -0.120. The summed E-state index contributed by atoms with van der Waals surface area (Å²) in [5, 5.41) is 11.8. The van der Waals surface area contributed by atoms with Crippen LogP contribution in [0, 0.1) is 52.3 Å². The van der Waals surface area contributed by atoms with Gasteiger partial charge in [-0.25, -0.2) is 0 Å². The molecule has 0 amide bonds. The summed E-state index contributed by atoms with van der Waals surface area (Å²) in [6, 6.07) is 0. The summed E-state index contributed by atoms with van der Waals surface area (Å²) >= 11 is 0. The Kier molecular flexibility index (Phi) is 4.58. The molecule has 0 aromatic heterocycles. The van der Waals surface area contributed by atoms with Crippen LogP contribution >= 0.6 is 0 Å². The minimum Gasteiger partial charge on any atom is -0.393 e. The van der Waals surface area contributed by atoms with Crippen molar-refractivity contribution in [2.45, 2.75) is 110 Å². The molecule has 0 unspecified atom stereocenters. The van der Waals surface area contributed by atoms with Crippen molar-refractivity contribution < 1.29 is 14.6 Å². The molecule has 6 fully saturated rings. The summed E-state index contributed by atoms with van der Waals surface area (Å²) in [6.07, 6.45) is 13.0. The van der Waals surface area contributed by atoms with Crippen LogP contribution in [0.15, 0.2) is 0 Å². The van der Waals surface area contributed by atoms with E-state index in [-0.39, 0.29) is 23.4 Å². The van der Waals surface area contributed by atoms with E-state index in [0.29, 0.717) is 29.1 Å². The van der Waals surface area contributed by atoms with Gasteiger partial charge >= 0.3 is 0 Å². The number of fused-ring (bicyclic) bond motifs is 7. The van der Waals surface area contributed by atoms with Gasteiger partial charge in [0.15, 0.2) is 5.79 Å². The second-order valence-electron chi connectivity index (χ2n) is 13.0. The number of aliphatic hydroxyl groups excluding tert-OH is 1. The van der Waals surface area contributed by atoms with E-state index in [1.54, 1.807) is 0 Å². The molecule has 0 bridgehead atoms. The summed E-state index contributed by atoms with van der Waals surface area (Å²) in [4.78, 5) is 0. The molecule has 4 saturated carbocycles. The van der Waals surface area contributed by atoms with Gasteiger partial charge in [-0.3, -0.25) is 0 Å². The van der Waals surface area contributed by atoms with Gasteiger partial charge in [0, 0.05) is 23.7 Å². The van der Waals surface area contributed by atoms with Gasteiger partial charge in [0.25, 0.3) is 0 Å². The quantitative estimate of drug-likeness (QED) is 0.543. The lowest BCUT2D eigenvalue weighted by atomic mass is 9.44. The topological polar surface area (TPSA) is 38.7 Å². The number of rotatable bonds is 0. The van der Waals surface area contributed by atoms with Crippen molar-refractivity contribution in [1.29, 1.82) is 0 Å². The van der Waals surface area contributed by atoms with E-state index in [2.05, 4.69) is 27.7 Å². The second-order valence-corrected chi connectivity index (χ2v) is 13.0. The first-order valence-electron chi connectivity index (χ1n) is 13.3. The molecule has 1 spiro atoms. The van der Waals surface area contributed by atoms with Crippen molar-refractivity contribution in [2.75, 3.05) is 6.61 Å². The zero-order chi connectivity index (χ0) is 20.9. The Balaban J connectivity index is 1.31. The Labute approximate surface area is 183 Å². The van der Waals surface area contributed by atoms with Crippen LogP contribution in [0.2, 0.25) is 0 Å². The Morgan fingerprint density at radius 1 is 0.900 bits per heavy atom. The maximum absolute atomic E-state index is 11.8. The third-order valence-electron chi connectivity index (χ3n) is 12.0. The first kappa shape index (κ1) is 20.5. The van der Waals surface area contributed by atoms with Crippen molar-refractivity contribution in [3.63, 3.8) is 0 Å². The van der Waals surface area contributed by atoms with Crippen LogP contribution in [-0.4, -0.2) is 29.7 Å². The second kappa shape index (κ2) is 6.70. The van der Waals surface area contributed by atoms with Gasteiger partial charge in [0.2, 0.25) is 0 Å². The monoisotopic (exact) mass is 416 g/mol. The molecule has 30 heavy (non-hydrogen) atoms. The number of hydrogen-bond donors (Lipinski definition) is 1. The molecule has 4 aliphatic carbocycles. The van der Waals surface area contributed by atoms with Crippen LogP contribution in [0.25, 0.3) is 0 Å². The molecule has 1 N–H and O–H groups in total. The van der Waals surface area contributed by atoms with E-state index in [4.69, 9.17) is 9.47 Å². The Morgan fingerprint density at radius 2 is 1.73 bits per heavy atom. The molecule has 2 heterocycles. The molecule has 2 aliphatic heterocycles. The van der Waals surface area contributed by atoms with Gasteiger partial charge in [0.05, 0.1) is 18.8 Å². The van der Waals surface area contributed by atoms with Crippen molar-refractivity contribution in [3.8, 4) is 0 Å². The molecule has 0 aromatic rings. The highest BCUT2D eigenvalue weighted by atomic mass is 16.7. The van der Waals surface area contributed by atoms with Gasteiger partial charge in [-0.05, 0) is 80.0 Å². The fourth-order valence-electron chi connectivity index (χ4n) is 10.3. The minimum absolute atomic E-state index is 0.000956. The number of ether oxygens (including phenoxy) is 2. The summed E-state index contributed by atoms with van der Waals surface area (Å²) in [5.41, 5.74) is 0.469. The normalized spacial score (nSPS) is 62.5. The third-order valence-corrected chi connectivity index (χ3v) is 12.0. The summed E-state index contributed by atoms with van der Waals surface area (Å²) in [5.74, 6) is 4.15. The van der Waals surface area contributed by atoms with Crippen molar-refractivity contribution in [3.05, 3.63) is 0 Å². The maximum Gasteiger partial charge on any atom is 0.171 e. The Bertz CT molecular complexity index is 684. The van der Waals surface area contributed by atoms with Gasteiger partial charge < -0.3 is 14.6 Å². The maximum atomic E-state index is 11.8. The van der Waals surface area contributed by atoms with Gasteiger partial charge in [-0.2, -0.15) is 0 Å². The Morgan fingerprint density at radius 3 is 2.50 bits per heavy atom. The predicted octanol–water partition coefficient (Wildman–Crippen LogP) is 5.79. The number of hydrogen-bond acceptors (Lipinski definition) is 3. The first-order valence-corrected chi connectivity index (χ1v) is 13.3. The van der Waals surface area contributed by atoms with Gasteiger partial charge in [-0.1, -0.05) is 40.5 Å². The SMILES string of the molecule is C[C@@H]1CC[C@@]2(OC1)O[C@@H]1C[C@H]3[C@@H]4CC[C@H]5CCCC[C@]5(C)[C@H]4C[C@H](O)[C@]3(C)[C@H]1[C@@H]2C. The van der Waals surface area contributed by atoms with Crippen LogP contribution in [0.4, 0.5) is 0 Å². The molecule has 6 aliphatic rings. The van der Waals surface area contributed by atoms with E-state index >= 15 is 0 Å². The highest BCUT2D eigenvalue weighted by molar-refractivity contribution is 5.17. The molecular weight excluding hydrogens is 372 g/mol. The zero-order valence-corrected chi connectivity index (χ0v) is 19.7. The largest absolute Gasteiger partial charge is 0.393 e. The fraction of sp³-hybridized carbons (Fsp3) is 1.00. The molecule has 12 atom stereocenters. The predicted molar refractivity (Wildman–Crippen MR) is 118 cm³/mol. The summed E-state index contributed by atoms with van der Waals surface area (Å²) in [7, 11) is 0. The lowest BCUT2D eigenvalue weighted by Crippen LogP contribution is -2.59. The van der Waals surface area contributed by atoms with Crippen LogP contribution in [-0.2, 0) is 9.47 Å². The molecule has 3 nitrogen and oxygen atoms in total. The van der Waals surface area contributed by atoms with E-state index in [0.717, 1.165) is 43.6 Å². The molecular formula is C27H44O3. The molecule has 170 valence electrons. The van der Waals surface area contributed by atoms with Crippen molar-refractivity contribution in [2.24, 2.45) is 52.3 Å². The lowest BCUT2D eigenvalue weighted by molar-refractivity contribution is -0.274. The van der Waals surface area contributed by atoms with E-state index in [9.17, 15) is 5.11 Å². The molecule has 3 heteroatoms. The smallest absolute Gasteiger partial charge is 0.171 e. The highest BCUT2D eigenvalue weighted by Crippen LogP contribution is 2.71. The van der Waals surface area contributed by atoms with Crippen molar-refractivity contribution >= 4 is 0 Å². The molecule has 6 rings (SSSR count). The average molecular weight is 417 g/mol. The van der Waals surface area contributed by atoms with E-state index in [1.165, 1.54) is 44.9 Å². The number of aliphatic hydroxyl groups is 1. The zero-order valence-electron chi connectivity index (χ0n) is 19.7. The first-order chi connectivity index (χ1) is 14.3. The standard InChI is InChI=1S/C27H44O3/c1-16-10-12-27(29-15-16)17(2)24-22(30-27)13-21-19-9-8-18-7-5-6-11-25(18,3)20(19)14-23(28)26(21,24)4/h16-24,28H,5-15H2,1-4H3/t16-,17+,18-,19-,20+,21+,22-,23+,24+,25+,26-,27-/m1/s1. The van der Waals surface area contributed by atoms with E-state index in [1.807, 2.05) is 0 Å². The lowest BCUT2D eigenvalue weighted by Gasteiger charge is -2.62. The van der Waals surface area contributed by atoms with Gasteiger partial charge in [-0.15, -0.1) is 0 Å². The highest BCUT2D eigenvalue weighted by Gasteiger charge is 2.71. The van der Waals surface area contributed by atoms with E-state index < -0.39 is 0 Å². The van der Waals surface area contributed by atoms with Crippen molar-refractivity contribution in [1.82, 2.24) is 0 Å². The molecule has 2 saturated heterocycles. The summed E-state index contributed by atoms with van der Waals surface area (Å²) < 4.78 is 13.3. The third kappa shape index (κ3) is 2.49. The van der Waals surface area contributed by atoms with Gasteiger partial charge in [0.1, 0.15) is 0 Å². The van der Waals surface area contributed by atoms with Crippen LogP contribution in [0.5, 0.6) is 0 Å². The van der Waals surface area contributed by atoms with Crippen LogP contribution in [0.3, 0.4) is 0 Å². The fourth-order valence-corrected chi connectivity index (χ4v) is 10.3. The van der Waals surface area contributed by atoms with Crippen LogP contribution in [0.1, 0.15) is 91.9 Å². The molecule has 0 radical (unpaired) electrons. The minimum atomic E-state index is -0.376. The molecule has 0 aromatic carbocycles. The average Bonchev–Trinajstić information content (AvgIpc) is 3.17.